The van der Waals surface area contributed by atoms with Gasteiger partial charge in [0.1, 0.15) is 6.61 Å². The third-order valence-corrected chi connectivity index (χ3v) is 2.58. The summed E-state index contributed by atoms with van der Waals surface area (Å²) in [4.78, 5) is 11.4. The van der Waals surface area contributed by atoms with Crippen molar-refractivity contribution in [3.63, 3.8) is 0 Å². The Labute approximate surface area is 116 Å². The largest absolute Gasteiger partial charge is 0.493 e. The van der Waals surface area contributed by atoms with Crippen LogP contribution in [-0.2, 0) is 16.1 Å². The van der Waals surface area contributed by atoms with E-state index in [9.17, 15) is 13.6 Å². The quantitative estimate of drug-likeness (QED) is 0.686. The van der Waals surface area contributed by atoms with Gasteiger partial charge < -0.3 is 14.2 Å². The fourth-order valence-corrected chi connectivity index (χ4v) is 1.55. The molecular weight excluding hydrogens is 270 g/mol. The lowest BCUT2D eigenvalue weighted by Gasteiger charge is -2.11. The molecule has 0 spiro atoms. The number of halogens is 2. The zero-order valence-electron chi connectivity index (χ0n) is 11.5. The van der Waals surface area contributed by atoms with E-state index < -0.39 is 6.61 Å². The molecule has 0 amide bonds. The number of hydrogen-bond donors (Lipinski definition) is 0. The molecule has 20 heavy (non-hydrogen) atoms. The van der Waals surface area contributed by atoms with E-state index in [1.165, 1.54) is 19.2 Å². The van der Waals surface area contributed by atoms with Crippen LogP contribution in [0.3, 0.4) is 0 Å². The van der Waals surface area contributed by atoms with E-state index in [4.69, 9.17) is 9.47 Å². The van der Waals surface area contributed by atoms with Crippen molar-refractivity contribution in [2.45, 2.75) is 39.4 Å². The van der Waals surface area contributed by atoms with Gasteiger partial charge in [0, 0.05) is 6.42 Å². The van der Waals surface area contributed by atoms with Gasteiger partial charge in [-0.05, 0) is 24.1 Å². The van der Waals surface area contributed by atoms with E-state index in [1.54, 1.807) is 6.07 Å². The van der Waals surface area contributed by atoms with Gasteiger partial charge in [-0.2, -0.15) is 8.78 Å². The minimum atomic E-state index is -2.92. The van der Waals surface area contributed by atoms with E-state index in [-0.39, 0.29) is 24.1 Å². The lowest BCUT2D eigenvalue weighted by atomic mass is 10.2. The SMILES string of the molecule is CCCCC(=O)OCc1ccc(OC(F)F)c(OC)c1. The molecule has 4 nitrogen and oxygen atoms in total. The van der Waals surface area contributed by atoms with Crippen LogP contribution in [0.4, 0.5) is 8.78 Å². The summed E-state index contributed by atoms with van der Waals surface area (Å²) in [6, 6.07) is 4.42. The monoisotopic (exact) mass is 288 g/mol. The van der Waals surface area contributed by atoms with Crippen molar-refractivity contribution in [3.8, 4) is 11.5 Å². The highest BCUT2D eigenvalue weighted by molar-refractivity contribution is 5.69. The summed E-state index contributed by atoms with van der Waals surface area (Å²) < 4.78 is 38.7. The van der Waals surface area contributed by atoms with Gasteiger partial charge >= 0.3 is 12.6 Å². The summed E-state index contributed by atoms with van der Waals surface area (Å²) in [6.45, 7) is -0.852. The molecule has 0 N–H and O–H groups in total. The third kappa shape index (κ3) is 5.42. The van der Waals surface area contributed by atoms with Crippen LogP contribution < -0.4 is 9.47 Å². The number of carbonyl (C=O) groups is 1. The Morgan fingerprint density at radius 2 is 2.05 bits per heavy atom. The predicted molar refractivity (Wildman–Crippen MR) is 68.9 cm³/mol. The molecule has 0 atom stereocenters. The molecule has 0 aliphatic carbocycles. The fraction of sp³-hybridized carbons (Fsp3) is 0.500. The number of alkyl halides is 2. The second-order valence-electron chi connectivity index (χ2n) is 4.13. The third-order valence-electron chi connectivity index (χ3n) is 2.58. The normalized spacial score (nSPS) is 10.4. The highest BCUT2D eigenvalue weighted by atomic mass is 19.3. The molecule has 0 fully saturated rings. The first-order chi connectivity index (χ1) is 9.56. The van der Waals surface area contributed by atoms with Crippen LogP contribution in [0.5, 0.6) is 11.5 Å². The van der Waals surface area contributed by atoms with Crippen molar-refractivity contribution in [2.24, 2.45) is 0 Å². The second kappa shape index (κ2) is 8.35. The predicted octanol–water partition coefficient (Wildman–Crippen LogP) is 3.53. The van der Waals surface area contributed by atoms with Crippen molar-refractivity contribution in [3.05, 3.63) is 23.8 Å². The second-order valence-corrected chi connectivity index (χ2v) is 4.13. The highest BCUT2D eigenvalue weighted by Gasteiger charge is 2.11. The topological polar surface area (TPSA) is 44.8 Å². The molecule has 1 aromatic rings. The van der Waals surface area contributed by atoms with Gasteiger partial charge in [0.25, 0.3) is 0 Å². The van der Waals surface area contributed by atoms with Gasteiger partial charge in [0.05, 0.1) is 7.11 Å². The van der Waals surface area contributed by atoms with Crippen molar-refractivity contribution in [1.82, 2.24) is 0 Å². The lowest BCUT2D eigenvalue weighted by Crippen LogP contribution is -2.06. The van der Waals surface area contributed by atoms with Gasteiger partial charge in [0.2, 0.25) is 0 Å². The van der Waals surface area contributed by atoms with Crippen LogP contribution in [0.25, 0.3) is 0 Å². The van der Waals surface area contributed by atoms with Gasteiger partial charge in [-0.1, -0.05) is 19.4 Å². The molecule has 112 valence electrons. The maximum absolute atomic E-state index is 12.2. The first-order valence-electron chi connectivity index (χ1n) is 6.34. The molecule has 0 aromatic heterocycles. The summed E-state index contributed by atoms with van der Waals surface area (Å²) >= 11 is 0. The Kier molecular flexibility index (Phi) is 6.76. The number of methoxy groups -OCH3 is 1. The molecule has 0 radical (unpaired) electrons. The zero-order valence-corrected chi connectivity index (χ0v) is 11.5. The van der Waals surface area contributed by atoms with E-state index in [0.29, 0.717) is 12.0 Å². The molecule has 0 saturated heterocycles. The smallest absolute Gasteiger partial charge is 0.387 e. The lowest BCUT2D eigenvalue weighted by molar-refractivity contribution is -0.145. The van der Waals surface area contributed by atoms with Gasteiger partial charge in [-0.3, -0.25) is 4.79 Å². The highest BCUT2D eigenvalue weighted by Crippen LogP contribution is 2.29. The molecule has 0 saturated carbocycles. The fourth-order valence-electron chi connectivity index (χ4n) is 1.55. The number of esters is 1. The number of benzene rings is 1. The molecular formula is C14H18F2O4. The molecule has 1 rings (SSSR count). The van der Waals surface area contributed by atoms with Gasteiger partial charge in [-0.15, -0.1) is 0 Å². The molecule has 6 heteroatoms. The first-order valence-corrected chi connectivity index (χ1v) is 6.34. The number of rotatable bonds is 8. The van der Waals surface area contributed by atoms with Crippen LogP contribution in [0.15, 0.2) is 18.2 Å². The maximum atomic E-state index is 12.2. The minimum Gasteiger partial charge on any atom is -0.493 e. The van der Waals surface area contributed by atoms with E-state index in [1.807, 2.05) is 6.92 Å². The van der Waals surface area contributed by atoms with Crippen LogP contribution in [-0.4, -0.2) is 19.7 Å². The maximum Gasteiger partial charge on any atom is 0.387 e. The van der Waals surface area contributed by atoms with Crippen molar-refractivity contribution in [2.75, 3.05) is 7.11 Å². The van der Waals surface area contributed by atoms with E-state index in [0.717, 1.165) is 12.8 Å². The standard InChI is InChI=1S/C14H18F2O4/c1-3-4-5-13(17)19-9-10-6-7-11(20-14(15)16)12(8-10)18-2/h6-8,14H,3-5,9H2,1-2H3. The van der Waals surface area contributed by atoms with Crippen molar-refractivity contribution >= 4 is 5.97 Å². The number of carbonyl (C=O) groups excluding carboxylic acids is 1. The average Bonchev–Trinajstić information content (AvgIpc) is 2.43. The number of hydrogen-bond acceptors (Lipinski definition) is 4. The van der Waals surface area contributed by atoms with Crippen molar-refractivity contribution < 1.29 is 27.8 Å². The Hall–Kier alpha value is -1.85. The molecule has 0 aliphatic heterocycles. The Morgan fingerprint density at radius 3 is 2.65 bits per heavy atom. The van der Waals surface area contributed by atoms with Crippen LogP contribution in [0.2, 0.25) is 0 Å². The van der Waals surface area contributed by atoms with Crippen LogP contribution >= 0.6 is 0 Å². The Morgan fingerprint density at radius 1 is 1.30 bits per heavy atom. The number of ether oxygens (including phenoxy) is 3. The molecule has 0 heterocycles. The van der Waals surface area contributed by atoms with Crippen LogP contribution in [0.1, 0.15) is 31.7 Å². The molecule has 0 aliphatic rings. The van der Waals surface area contributed by atoms with Crippen LogP contribution in [0, 0.1) is 0 Å². The summed E-state index contributed by atoms with van der Waals surface area (Å²) in [5, 5.41) is 0. The Bertz CT molecular complexity index is 435. The van der Waals surface area contributed by atoms with E-state index >= 15 is 0 Å². The molecule has 1 aromatic carbocycles. The average molecular weight is 288 g/mol. The summed E-state index contributed by atoms with van der Waals surface area (Å²) in [6.07, 6.45) is 2.08. The summed E-state index contributed by atoms with van der Waals surface area (Å²) in [7, 11) is 1.35. The first kappa shape index (κ1) is 16.2. The Balaban J connectivity index is 2.61. The molecule has 0 unspecified atom stereocenters. The van der Waals surface area contributed by atoms with Gasteiger partial charge in [-0.25, -0.2) is 0 Å². The minimum absolute atomic E-state index is 0.0523. The summed E-state index contributed by atoms with van der Waals surface area (Å²) in [5.41, 5.74) is 0.647. The van der Waals surface area contributed by atoms with Gasteiger partial charge in [0.15, 0.2) is 11.5 Å². The molecule has 0 bridgehead atoms. The zero-order chi connectivity index (χ0) is 15.0. The number of unbranched alkanes of at least 4 members (excludes halogenated alkanes) is 1. The van der Waals surface area contributed by atoms with Crippen molar-refractivity contribution in [1.29, 1.82) is 0 Å². The summed E-state index contributed by atoms with van der Waals surface area (Å²) in [5.74, 6) is -0.158. The van der Waals surface area contributed by atoms with E-state index in [2.05, 4.69) is 4.74 Å².